The monoisotopic (exact) mass is 528 g/mol. The summed E-state index contributed by atoms with van der Waals surface area (Å²) in [5.41, 5.74) is 3.50. The molecular weight excluding hydrogens is 488 g/mol. The highest BCUT2D eigenvalue weighted by molar-refractivity contribution is 5.95. The standard InChI is InChI=1S/C32H40N4O3/c1-25(2)24-39-30-15-13-27(14-16-30)32(38)35-20-8-18-34(23-29-11-6-7-17-33-29)19-9-21-36(26(3)37)31-12-5-4-10-28(31)22-35/h4-7,10-17,25H,8-9,18-24H2,1-3H3. The van der Waals surface area contributed by atoms with E-state index in [-0.39, 0.29) is 11.8 Å². The largest absolute Gasteiger partial charge is 0.493 e. The van der Waals surface area contributed by atoms with Gasteiger partial charge in [0.1, 0.15) is 5.75 Å². The van der Waals surface area contributed by atoms with Crippen LogP contribution in [0.25, 0.3) is 0 Å². The van der Waals surface area contributed by atoms with Gasteiger partial charge in [0, 0.05) is 63.6 Å². The van der Waals surface area contributed by atoms with Gasteiger partial charge in [0.15, 0.2) is 0 Å². The molecule has 0 N–H and O–H groups in total. The molecule has 0 saturated carbocycles. The van der Waals surface area contributed by atoms with Crippen LogP contribution >= 0.6 is 0 Å². The maximum atomic E-state index is 13.8. The molecule has 2 amide bonds. The predicted molar refractivity (Wildman–Crippen MR) is 155 cm³/mol. The van der Waals surface area contributed by atoms with Gasteiger partial charge in [-0.05, 0) is 66.8 Å². The van der Waals surface area contributed by atoms with Crippen LogP contribution in [0.3, 0.4) is 0 Å². The number of fused-ring (bicyclic) bond motifs is 1. The van der Waals surface area contributed by atoms with Gasteiger partial charge in [0.05, 0.1) is 12.3 Å². The van der Waals surface area contributed by atoms with Crippen molar-refractivity contribution in [3.05, 3.63) is 89.7 Å². The Bertz CT molecular complexity index is 1210. The Kier molecular flexibility index (Phi) is 10.1. The Hall–Kier alpha value is -3.71. The molecule has 1 aliphatic heterocycles. The van der Waals surface area contributed by atoms with E-state index in [0.29, 0.717) is 37.7 Å². The molecule has 7 heteroatoms. The normalized spacial score (nSPS) is 15.3. The molecule has 1 aromatic heterocycles. The van der Waals surface area contributed by atoms with Crippen molar-refractivity contribution < 1.29 is 14.3 Å². The van der Waals surface area contributed by atoms with Crippen LogP contribution < -0.4 is 9.64 Å². The number of hydrogen-bond acceptors (Lipinski definition) is 5. The van der Waals surface area contributed by atoms with E-state index in [2.05, 4.69) is 23.7 Å². The minimum Gasteiger partial charge on any atom is -0.493 e. The van der Waals surface area contributed by atoms with Gasteiger partial charge in [-0.25, -0.2) is 0 Å². The average Bonchev–Trinajstić information content (AvgIpc) is 2.93. The smallest absolute Gasteiger partial charge is 0.254 e. The number of amides is 2. The Balaban J connectivity index is 1.58. The van der Waals surface area contributed by atoms with Crippen LogP contribution in [0.4, 0.5) is 5.69 Å². The number of nitrogens with zero attached hydrogens (tertiary/aromatic N) is 4. The SMILES string of the molecule is CC(=O)N1CCCN(Cc2ccccn2)CCCN(C(=O)c2ccc(OCC(C)C)cc2)Cc2ccccc21. The molecule has 39 heavy (non-hydrogen) atoms. The summed E-state index contributed by atoms with van der Waals surface area (Å²) in [6, 6.07) is 21.3. The molecule has 0 aliphatic carbocycles. The van der Waals surface area contributed by atoms with E-state index >= 15 is 0 Å². The maximum absolute atomic E-state index is 13.8. The van der Waals surface area contributed by atoms with Crippen molar-refractivity contribution in [1.29, 1.82) is 0 Å². The first-order chi connectivity index (χ1) is 18.9. The fourth-order valence-electron chi connectivity index (χ4n) is 4.88. The van der Waals surface area contributed by atoms with Crippen LogP contribution in [0, 0.1) is 5.92 Å². The van der Waals surface area contributed by atoms with E-state index in [1.54, 1.807) is 6.92 Å². The second-order valence-electron chi connectivity index (χ2n) is 10.6. The summed E-state index contributed by atoms with van der Waals surface area (Å²) in [4.78, 5) is 37.1. The topological polar surface area (TPSA) is 66.0 Å². The van der Waals surface area contributed by atoms with Gasteiger partial charge in [-0.1, -0.05) is 38.1 Å². The summed E-state index contributed by atoms with van der Waals surface area (Å²) in [5, 5.41) is 0. The minimum atomic E-state index is -0.0251. The van der Waals surface area contributed by atoms with Gasteiger partial charge in [0.2, 0.25) is 5.91 Å². The minimum absolute atomic E-state index is 0.00523. The lowest BCUT2D eigenvalue weighted by Gasteiger charge is -2.31. The van der Waals surface area contributed by atoms with Gasteiger partial charge in [0.25, 0.3) is 5.91 Å². The van der Waals surface area contributed by atoms with Crippen LogP contribution in [-0.4, -0.2) is 59.4 Å². The highest BCUT2D eigenvalue weighted by Gasteiger charge is 2.22. The fourth-order valence-corrected chi connectivity index (χ4v) is 4.88. The summed E-state index contributed by atoms with van der Waals surface area (Å²) in [6.07, 6.45) is 3.52. The van der Waals surface area contributed by atoms with Crippen molar-refractivity contribution >= 4 is 17.5 Å². The van der Waals surface area contributed by atoms with Crippen molar-refractivity contribution in [3.8, 4) is 5.75 Å². The number of pyridine rings is 1. The molecule has 0 atom stereocenters. The highest BCUT2D eigenvalue weighted by Crippen LogP contribution is 2.25. The number of hydrogen-bond donors (Lipinski definition) is 0. The third-order valence-electron chi connectivity index (χ3n) is 6.87. The average molecular weight is 529 g/mol. The second kappa shape index (κ2) is 13.9. The highest BCUT2D eigenvalue weighted by atomic mass is 16.5. The Morgan fingerprint density at radius 1 is 0.897 bits per heavy atom. The van der Waals surface area contributed by atoms with E-state index in [1.807, 2.05) is 82.7 Å². The van der Waals surface area contributed by atoms with E-state index in [0.717, 1.165) is 55.2 Å². The summed E-state index contributed by atoms with van der Waals surface area (Å²) < 4.78 is 5.81. The van der Waals surface area contributed by atoms with Crippen molar-refractivity contribution in [3.63, 3.8) is 0 Å². The first-order valence-electron chi connectivity index (χ1n) is 13.9. The number of anilines is 1. The molecule has 0 saturated heterocycles. The molecule has 2 heterocycles. The van der Waals surface area contributed by atoms with E-state index in [1.165, 1.54) is 0 Å². The molecule has 3 aromatic rings. The third kappa shape index (κ3) is 8.14. The number of aromatic nitrogens is 1. The van der Waals surface area contributed by atoms with Crippen LogP contribution in [-0.2, 0) is 17.9 Å². The molecule has 0 fully saturated rings. The van der Waals surface area contributed by atoms with E-state index in [9.17, 15) is 9.59 Å². The summed E-state index contributed by atoms with van der Waals surface area (Å²) >= 11 is 0. The third-order valence-corrected chi connectivity index (χ3v) is 6.87. The number of ether oxygens (including phenoxy) is 1. The number of carbonyl (C=O) groups excluding carboxylic acids is 2. The molecule has 7 nitrogen and oxygen atoms in total. The summed E-state index contributed by atoms with van der Waals surface area (Å²) in [7, 11) is 0. The van der Waals surface area contributed by atoms with Crippen molar-refractivity contribution in [2.75, 3.05) is 37.7 Å². The van der Waals surface area contributed by atoms with Crippen molar-refractivity contribution in [2.24, 2.45) is 5.92 Å². The zero-order valence-electron chi connectivity index (χ0n) is 23.4. The predicted octanol–water partition coefficient (Wildman–Crippen LogP) is 5.41. The first-order valence-corrected chi connectivity index (χ1v) is 13.9. The van der Waals surface area contributed by atoms with Crippen LogP contribution in [0.15, 0.2) is 72.9 Å². The van der Waals surface area contributed by atoms with Gasteiger partial charge in [-0.3, -0.25) is 19.5 Å². The maximum Gasteiger partial charge on any atom is 0.254 e. The van der Waals surface area contributed by atoms with Crippen LogP contribution in [0.1, 0.15) is 55.2 Å². The van der Waals surface area contributed by atoms with Crippen molar-refractivity contribution in [1.82, 2.24) is 14.8 Å². The Morgan fingerprint density at radius 2 is 1.62 bits per heavy atom. The lowest BCUT2D eigenvalue weighted by molar-refractivity contribution is -0.116. The first kappa shape index (κ1) is 28.3. The number of carbonyl (C=O) groups is 2. The van der Waals surface area contributed by atoms with Gasteiger partial charge in [-0.15, -0.1) is 0 Å². The van der Waals surface area contributed by atoms with Crippen LogP contribution in [0.2, 0.25) is 0 Å². The lowest BCUT2D eigenvalue weighted by Crippen LogP contribution is -2.38. The number of benzene rings is 2. The fraction of sp³-hybridized carbons (Fsp3) is 0.406. The number of para-hydroxylation sites is 1. The molecule has 0 bridgehead atoms. The van der Waals surface area contributed by atoms with Crippen molar-refractivity contribution in [2.45, 2.75) is 46.7 Å². The molecule has 0 spiro atoms. The van der Waals surface area contributed by atoms with Crippen LogP contribution in [0.5, 0.6) is 5.75 Å². The summed E-state index contributed by atoms with van der Waals surface area (Å²) in [5.74, 6) is 1.18. The van der Waals surface area contributed by atoms with E-state index in [4.69, 9.17) is 4.74 Å². The molecule has 0 unspecified atom stereocenters. The molecule has 0 radical (unpaired) electrons. The van der Waals surface area contributed by atoms with E-state index < -0.39 is 0 Å². The zero-order chi connectivity index (χ0) is 27.6. The Morgan fingerprint density at radius 3 is 2.31 bits per heavy atom. The lowest BCUT2D eigenvalue weighted by atomic mass is 10.1. The molecule has 2 aromatic carbocycles. The Labute approximate surface area is 232 Å². The molecule has 206 valence electrons. The quantitative estimate of drug-likeness (QED) is 0.428. The van der Waals surface area contributed by atoms with Gasteiger partial charge < -0.3 is 14.5 Å². The molecule has 1 aliphatic rings. The zero-order valence-corrected chi connectivity index (χ0v) is 23.4. The number of rotatable bonds is 6. The second-order valence-corrected chi connectivity index (χ2v) is 10.6. The van der Waals surface area contributed by atoms with Gasteiger partial charge >= 0.3 is 0 Å². The van der Waals surface area contributed by atoms with Gasteiger partial charge in [-0.2, -0.15) is 0 Å². The summed E-state index contributed by atoms with van der Waals surface area (Å²) in [6.45, 7) is 10.5. The molecular formula is C32H40N4O3. The molecule has 4 rings (SSSR count).